The molecule has 0 aliphatic heterocycles. The van der Waals surface area contributed by atoms with Gasteiger partial charge in [0.05, 0.1) is 11.9 Å². The molecule has 2 aromatic rings. The molecule has 5 heteroatoms. The highest BCUT2D eigenvalue weighted by Crippen LogP contribution is 2.32. The van der Waals surface area contributed by atoms with Crippen LogP contribution < -0.4 is 5.32 Å². The molecular formula is C14H19N3OS. The van der Waals surface area contributed by atoms with E-state index in [9.17, 15) is 0 Å². The van der Waals surface area contributed by atoms with Crippen molar-refractivity contribution in [3.8, 4) is 0 Å². The second-order valence-electron chi connectivity index (χ2n) is 4.39. The van der Waals surface area contributed by atoms with E-state index in [1.54, 1.807) is 13.3 Å². The molecule has 0 fully saturated rings. The Morgan fingerprint density at radius 3 is 3.00 bits per heavy atom. The summed E-state index contributed by atoms with van der Waals surface area (Å²) in [4.78, 5) is 7.38. The van der Waals surface area contributed by atoms with Crippen LogP contribution in [0.15, 0.2) is 30.6 Å². The lowest BCUT2D eigenvalue weighted by atomic mass is 10.1. The predicted molar refractivity (Wildman–Crippen MR) is 81.0 cm³/mol. The van der Waals surface area contributed by atoms with E-state index in [-0.39, 0.29) is 5.25 Å². The van der Waals surface area contributed by atoms with Crippen LogP contribution in [0.4, 0.5) is 5.69 Å². The van der Waals surface area contributed by atoms with Crippen LogP contribution in [0.1, 0.15) is 22.2 Å². The number of benzene rings is 1. The van der Waals surface area contributed by atoms with Crippen LogP contribution in [0.2, 0.25) is 0 Å². The Morgan fingerprint density at radius 2 is 2.32 bits per heavy atom. The molecule has 0 saturated heterocycles. The van der Waals surface area contributed by atoms with Crippen molar-refractivity contribution in [3.05, 3.63) is 47.5 Å². The summed E-state index contributed by atoms with van der Waals surface area (Å²) < 4.78 is 5.06. The first-order valence-corrected chi connectivity index (χ1v) is 6.74. The van der Waals surface area contributed by atoms with Gasteiger partial charge in [0.25, 0.3) is 0 Å². The highest BCUT2D eigenvalue weighted by atomic mass is 32.1. The molecule has 0 spiro atoms. The second-order valence-corrected chi connectivity index (χ2v) is 4.90. The maximum atomic E-state index is 5.06. The van der Waals surface area contributed by atoms with Gasteiger partial charge in [0.15, 0.2) is 0 Å². The van der Waals surface area contributed by atoms with E-state index in [1.807, 2.05) is 6.20 Å². The van der Waals surface area contributed by atoms with Crippen LogP contribution in [-0.2, 0) is 4.74 Å². The maximum Gasteiger partial charge on any atom is 0.123 e. The molecule has 0 amide bonds. The maximum absolute atomic E-state index is 5.06. The van der Waals surface area contributed by atoms with Gasteiger partial charge in [0.2, 0.25) is 0 Å². The minimum atomic E-state index is -0.0695. The average Bonchev–Trinajstić information content (AvgIpc) is 2.94. The number of aromatic amines is 1. The lowest BCUT2D eigenvalue weighted by Gasteiger charge is -2.16. The normalized spacial score (nSPS) is 12.4. The third-order valence-electron chi connectivity index (χ3n) is 2.90. The molecule has 4 nitrogen and oxygen atoms in total. The Kier molecular flexibility index (Phi) is 4.87. The number of nitrogens with zero attached hydrogens (tertiary/aromatic N) is 1. The smallest absolute Gasteiger partial charge is 0.123 e. The minimum absolute atomic E-state index is 0.0695. The van der Waals surface area contributed by atoms with E-state index in [2.05, 4.69) is 53.0 Å². The number of rotatable bonds is 6. The Morgan fingerprint density at radius 1 is 1.47 bits per heavy atom. The van der Waals surface area contributed by atoms with Crippen molar-refractivity contribution in [2.45, 2.75) is 12.2 Å². The standard InChI is InChI=1S/C14H19N3OS/c1-10-3-4-12(15-7-8-18-2)11(9-10)13(19)14-16-5-6-17-14/h3-6,9,13,15,19H,7-8H2,1-2H3,(H,16,17). The first kappa shape index (κ1) is 14.0. The molecule has 1 aromatic carbocycles. The lowest BCUT2D eigenvalue weighted by Crippen LogP contribution is -2.10. The fraction of sp³-hybridized carbons (Fsp3) is 0.357. The van der Waals surface area contributed by atoms with E-state index in [0.29, 0.717) is 6.61 Å². The fourth-order valence-corrected chi connectivity index (χ4v) is 2.29. The van der Waals surface area contributed by atoms with Crippen molar-refractivity contribution in [2.24, 2.45) is 0 Å². The summed E-state index contributed by atoms with van der Waals surface area (Å²) in [6.07, 6.45) is 3.55. The monoisotopic (exact) mass is 277 g/mol. The van der Waals surface area contributed by atoms with Gasteiger partial charge in [0, 0.05) is 31.7 Å². The minimum Gasteiger partial charge on any atom is -0.383 e. The zero-order valence-corrected chi connectivity index (χ0v) is 12.1. The Bertz CT molecular complexity index is 513. The number of ether oxygens (including phenoxy) is 1. The van der Waals surface area contributed by atoms with Gasteiger partial charge in [-0.2, -0.15) is 12.6 Å². The van der Waals surface area contributed by atoms with Crippen LogP contribution in [0.5, 0.6) is 0 Å². The summed E-state index contributed by atoms with van der Waals surface area (Å²) in [5.41, 5.74) is 3.39. The van der Waals surface area contributed by atoms with E-state index in [0.717, 1.165) is 23.6 Å². The van der Waals surface area contributed by atoms with Crippen LogP contribution >= 0.6 is 12.6 Å². The number of H-pyrrole nitrogens is 1. The molecule has 1 unspecified atom stereocenters. The number of imidazole rings is 1. The highest BCUT2D eigenvalue weighted by molar-refractivity contribution is 7.80. The zero-order valence-electron chi connectivity index (χ0n) is 11.2. The zero-order chi connectivity index (χ0) is 13.7. The summed E-state index contributed by atoms with van der Waals surface area (Å²) in [5, 5.41) is 3.30. The van der Waals surface area contributed by atoms with E-state index >= 15 is 0 Å². The highest BCUT2D eigenvalue weighted by Gasteiger charge is 2.15. The number of aryl methyl sites for hydroxylation is 1. The van der Waals surface area contributed by atoms with Gasteiger partial charge in [-0.05, 0) is 18.6 Å². The van der Waals surface area contributed by atoms with Crippen LogP contribution in [0.3, 0.4) is 0 Å². The summed E-state index contributed by atoms with van der Waals surface area (Å²) in [7, 11) is 1.70. The quantitative estimate of drug-likeness (QED) is 0.562. The van der Waals surface area contributed by atoms with Crippen molar-refractivity contribution in [1.82, 2.24) is 9.97 Å². The van der Waals surface area contributed by atoms with Crippen molar-refractivity contribution in [2.75, 3.05) is 25.6 Å². The number of thiol groups is 1. The Labute approximate surface area is 119 Å². The molecule has 2 rings (SSSR count). The van der Waals surface area contributed by atoms with Gasteiger partial charge in [-0.1, -0.05) is 17.7 Å². The van der Waals surface area contributed by atoms with Gasteiger partial charge >= 0.3 is 0 Å². The second kappa shape index (κ2) is 6.63. The molecule has 1 aromatic heterocycles. The molecule has 0 bridgehead atoms. The van der Waals surface area contributed by atoms with Gasteiger partial charge in [-0.25, -0.2) is 4.98 Å². The predicted octanol–water partition coefficient (Wildman–Crippen LogP) is 2.80. The van der Waals surface area contributed by atoms with Gasteiger partial charge in [-0.3, -0.25) is 0 Å². The van der Waals surface area contributed by atoms with E-state index < -0.39 is 0 Å². The van der Waals surface area contributed by atoms with Crippen molar-refractivity contribution >= 4 is 18.3 Å². The van der Waals surface area contributed by atoms with Gasteiger partial charge < -0.3 is 15.0 Å². The van der Waals surface area contributed by atoms with Crippen LogP contribution in [0, 0.1) is 6.92 Å². The molecular weight excluding hydrogens is 258 g/mol. The third-order valence-corrected chi connectivity index (χ3v) is 3.42. The van der Waals surface area contributed by atoms with Crippen molar-refractivity contribution in [1.29, 1.82) is 0 Å². The summed E-state index contributed by atoms with van der Waals surface area (Å²) >= 11 is 4.67. The summed E-state index contributed by atoms with van der Waals surface area (Å²) in [6.45, 7) is 3.52. The number of nitrogens with one attached hydrogen (secondary N) is 2. The first-order valence-electron chi connectivity index (χ1n) is 6.23. The van der Waals surface area contributed by atoms with Crippen LogP contribution in [-0.4, -0.2) is 30.2 Å². The molecule has 0 radical (unpaired) electrons. The number of methoxy groups -OCH3 is 1. The molecule has 102 valence electrons. The van der Waals surface area contributed by atoms with E-state index in [1.165, 1.54) is 5.56 Å². The first-order chi connectivity index (χ1) is 9.22. The van der Waals surface area contributed by atoms with Gasteiger partial charge in [-0.15, -0.1) is 0 Å². The Balaban J connectivity index is 2.24. The van der Waals surface area contributed by atoms with Crippen molar-refractivity contribution in [3.63, 3.8) is 0 Å². The number of anilines is 1. The molecule has 19 heavy (non-hydrogen) atoms. The SMILES string of the molecule is COCCNc1ccc(C)cc1C(S)c1ncc[nH]1. The molecule has 1 atom stereocenters. The molecule has 1 heterocycles. The number of hydrogen-bond donors (Lipinski definition) is 3. The average molecular weight is 277 g/mol. The van der Waals surface area contributed by atoms with E-state index in [4.69, 9.17) is 4.74 Å². The number of aromatic nitrogens is 2. The molecule has 0 aliphatic carbocycles. The van der Waals surface area contributed by atoms with Gasteiger partial charge in [0.1, 0.15) is 5.82 Å². The summed E-state index contributed by atoms with van der Waals surface area (Å²) in [6, 6.07) is 6.29. The molecule has 0 saturated carbocycles. The topological polar surface area (TPSA) is 49.9 Å². The lowest BCUT2D eigenvalue weighted by molar-refractivity contribution is 0.211. The molecule has 0 aliphatic rings. The largest absolute Gasteiger partial charge is 0.383 e. The summed E-state index contributed by atoms with van der Waals surface area (Å²) in [5.74, 6) is 0.851. The van der Waals surface area contributed by atoms with Crippen LogP contribution in [0.25, 0.3) is 0 Å². The molecule has 2 N–H and O–H groups in total. The number of hydrogen-bond acceptors (Lipinski definition) is 4. The third kappa shape index (κ3) is 3.52. The Hall–Kier alpha value is -1.46. The van der Waals surface area contributed by atoms with Crippen molar-refractivity contribution < 1.29 is 4.74 Å². The fourth-order valence-electron chi connectivity index (χ4n) is 1.93.